The van der Waals surface area contributed by atoms with E-state index in [0.717, 1.165) is 24.7 Å². The number of hydrogen-bond acceptors (Lipinski definition) is 5. The van der Waals surface area contributed by atoms with Crippen molar-refractivity contribution in [1.29, 1.82) is 0 Å². The molecule has 0 amide bonds. The van der Waals surface area contributed by atoms with Gasteiger partial charge in [0.2, 0.25) is 5.95 Å². The van der Waals surface area contributed by atoms with Gasteiger partial charge in [0.1, 0.15) is 0 Å². The lowest BCUT2D eigenvalue weighted by Gasteiger charge is -2.35. The third kappa shape index (κ3) is 2.92. The van der Waals surface area contributed by atoms with Gasteiger partial charge < -0.3 is 15.5 Å². The van der Waals surface area contributed by atoms with Crippen molar-refractivity contribution >= 4 is 5.95 Å². The minimum absolute atomic E-state index is 0.469. The van der Waals surface area contributed by atoms with Gasteiger partial charge in [-0.05, 0) is 39.0 Å². The molecule has 0 atom stereocenters. The third-order valence-corrected chi connectivity index (χ3v) is 3.46. The standard InChI is InChI=1S/C12H21N5/c1-16-7-4-11(5-8-16)17(2)12-14-6-3-10(9-13)15-12/h3,6,11H,4-5,7-9,13H2,1-2H3. The first kappa shape index (κ1) is 12.3. The zero-order valence-electron chi connectivity index (χ0n) is 10.6. The van der Waals surface area contributed by atoms with Gasteiger partial charge in [0, 0.05) is 25.8 Å². The molecule has 0 spiro atoms. The van der Waals surface area contributed by atoms with Crippen LogP contribution >= 0.6 is 0 Å². The fourth-order valence-electron chi connectivity index (χ4n) is 2.21. The molecule has 5 heteroatoms. The Labute approximate surface area is 103 Å². The molecule has 94 valence electrons. The second-order valence-electron chi connectivity index (χ2n) is 4.70. The van der Waals surface area contributed by atoms with Crippen LogP contribution in [0.4, 0.5) is 5.95 Å². The van der Waals surface area contributed by atoms with Crippen molar-refractivity contribution in [2.24, 2.45) is 5.73 Å². The van der Waals surface area contributed by atoms with Crippen LogP contribution in [-0.2, 0) is 6.54 Å². The fourth-order valence-corrected chi connectivity index (χ4v) is 2.21. The molecular formula is C12H21N5. The summed E-state index contributed by atoms with van der Waals surface area (Å²) in [5, 5.41) is 0. The van der Waals surface area contributed by atoms with Crippen LogP contribution in [-0.4, -0.2) is 48.1 Å². The van der Waals surface area contributed by atoms with Crippen molar-refractivity contribution in [3.8, 4) is 0 Å². The topological polar surface area (TPSA) is 58.3 Å². The number of hydrogen-bond donors (Lipinski definition) is 1. The van der Waals surface area contributed by atoms with E-state index in [-0.39, 0.29) is 0 Å². The lowest BCUT2D eigenvalue weighted by Crippen LogP contribution is -2.42. The summed E-state index contributed by atoms with van der Waals surface area (Å²) in [7, 11) is 4.24. The molecule has 1 saturated heterocycles. The molecule has 2 heterocycles. The van der Waals surface area contributed by atoms with Gasteiger partial charge >= 0.3 is 0 Å². The van der Waals surface area contributed by atoms with Crippen LogP contribution in [0.2, 0.25) is 0 Å². The van der Waals surface area contributed by atoms with Crippen molar-refractivity contribution in [3.05, 3.63) is 18.0 Å². The SMILES string of the molecule is CN1CCC(N(C)c2nccc(CN)n2)CC1. The van der Waals surface area contributed by atoms with Crippen molar-refractivity contribution in [2.45, 2.75) is 25.4 Å². The highest BCUT2D eigenvalue weighted by molar-refractivity contribution is 5.30. The summed E-state index contributed by atoms with van der Waals surface area (Å²) in [6.45, 7) is 2.76. The zero-order chi connectivity index (χ0) is 12.3. The molecule has 1 fully saturated rings. The average molecular weight is 235 g/mol. The summed E-state index contributed by atoms with van der Waals surface area (Å²) in [5.41, 5.74) is 6.50. The molecule has 0 bridgehead atoms. The molecule has 17 heavy (non-hydrogen) atoms. The van der Waals surface area contributed by atoms with Gasteiger partial charge in [-0.15, -0.1) is 0 Å². The Bertz CT molecular complexity index is 360. The quantitative estimate of drug-likeness (QED) is 0.825. The Morgan fingerprint density at radius 2 is 2.18 bits per heavy atom. The van der Waals surface area contributed by atoms with Crippen LogP contribution in [0.15, 0.2) is 12.3 Å². The Hall–Kier alpha value is -1.20. The highest BCUT2D eigenvalue weighted by atomic mass is 15.3. The maximum Gasteiger partial charge on any atom is 0.225 e. The van der Waals surface area contributed by atoms with Gasteiger partial charge in [-0.2, -0.15) is 0 Å². The minimum Gasteiger partial charge on any atom is -0.341 e. The lowest BCUT2D eigenvalue weighted by atomic mass is 10.0. The van der Waals surface area contributed by atoms with E-state index < -0.39 is 0 Å². The van der Waals surface area contributed by atoms with Crippen LogP contribution in [0.5, 0.6) is 0 Å². The molecule has 1 aromatic rings. The second kappa shape index (κ2) is 5.42. The van der Waals surface area contributed by atoms with E-state index >= 15 is 0 Å². The van der Waals surface area contributed by atoms with E-state index in [1.807, 2.05) is 6.07 Å². The molecular weight excluding hydrogens is 214 g/mol. The maximum absolute atomic E-state index is 5.60. The maximum atomic E-state index is 5.60. The van der Waals surface area contributed by atoms with Gasteiger partial charge in [0.15, 0.2) is 0 Å². The molecule has 5 nitrogen and oxygen atoms in total. The molecule has 0 saturated carbocycles. The molecule has 2 N–H and O–H groups in total. The smallest absolute Gasteiger partial charge is 0.225 e. The Morgan fingerprint density at radius 1 is 1.47 bits per heavy atom. The number of likely N-dealkylation sites (tertiary alicyclic amines) is 1. The largest absolute Gasteiger partial charge is 0.341 e. The van der Waals surface area contributed by atoms with E-state index in [9.17, 15) is 0 Å². The molecule has 0 aromatic carbocycles. The normalized spacial score (nSPS) is 18.3. The van der Waals surface area contributed by atoms with E-state index in [2.05, 4.69) is 33.9 Å². The minimum atomic E-state index is 0.469. The summed E-state index contributed by atoms with van der Waals surface area (Å²) >= 11 is 0. The first-order valence-electron chi connectivity index (χ1n) is 6.14. The van der Waals surface area contributed by atoms with Gasteiger partial charge in [0.25, 0.3) is 0 Å². The van der Waals surface area contributed by atoms with Crippen LogP contribution in [0.1, 0.15) is 18.5 Å². The van der Waals surface area contributed by atoms with Crippen LogP contribution in [0.25, 0.3) is 0 Å². The van der Waals surface area contributed by atoms with Gasteiger partial charge in [0.05, 0.1) is 5.69 Å². The van der Waals surface area contributed by atoms with Crippen molar-refractivity contribution < 1.29 is 0 Å². The highest BCUT2D eigenvalue weighted by Gasteiger charge is 2.22. The number of nitrogens with two attached hydrogens (primary N) is 1. The molecule has 1 aliphatic rings. The van der Waals surface area contributed by atoms with Crippen molar-refractivity contribution in [3.63, 3.8) is 0 Å². The first-order valence-corrected chi connectivity index (χ1v) is 6.14. The number of piperidine rings is 1. The summed E-state index contributed by atoms with van der Waals surface area (Å²) < 4.78 is 0. The predicted molar refractivity (Wildman–Crippen MR) is 68.8 cm³/mol. The van der Waals surface area contributed by atoms with Gasteiger partial charge in [-0.1, -0.05) is 0 Å². The summed E-state index contributed by atoms with van der Waals surface area (Å²) in [6, 6.07) is 2.41. The van der Waals surface area contributed by atoms with Gasteiger partial charge in [-0.3, -0.25) is 0 Å². The number of anilines is 1. The summed E-state index contributed by atoms with van der Waals surface area (Å²) in [6.07, 6.45) is 4.13. The van der Waals surface area contributed by atoms with E-state index in [1.54, 1.807) is 6.20 Å². The molecule has 1 aromatic heterocycles. The number of aromatic nitrogens is 2. The first-order chi connectivity index (χ1) is 8.20. The summed E-state index contributed by atoms with van der Waals surface area (Å²) in [4.78, 5) is 13.3. The van der Waals surface area contributed by atoms with Gasteiger partial charge in [-0.25, -0.2) is 9.97 Å². The Balaban J connectivity index is 2.05. The van der Waals surface area contributed by atoms with E-state index in [4.69, 9.17) is 5.73 Å². The van der Waals surface area contributed by atoms with E-state index in [0.29, 0.717) is 12.6 Å². The third-order valence-electron chi connectivity index (χ3n) is 3.46. The zero-order valence-corrected chi connectivity index (χ0v) is 10.6. The Kier molecular flexibility index (Phi) is 3.91. The summed E-state index contributed by atoms with van der Waals surface area (Å²) in [5.74, 6) is 0.794. The molecule has 1 aliphatic heterocycles. The second-order valence-corrected chi connectivity index (χ2v) is 4.70. The van der Waals surface area contributed by atoms with Crippen molar-refractivity contribution in [1.82, 2.24) is 14.9 Å². The average Bonchev–Trinajstić information content (AvgIpc) is 2.39. The van der Waals surface area contributed by atoms with E-state index in [1.165, 1.54) is 12.8 Å². The monoisotopic (exact) mass is 235 g/mol. The van der Waals surface area contributed by atoms with Crippen LogP contribution < -0.4 is 10.6 Å². The lowest BCUT2D eigenvalue weighted by molar-refractivity contribution is 0.252. The molecule has 0 aliphatic carbocycles. The fraction of sp³-hybridized carbons (Fsp3) is 0.667. The highest BCUT2D eigenvalue weighted by Crippen LogP contribution is 2.18. The van der Waals surface area contributed by atoms with Crippen LogP contribution in [0, 0.1) is 0 Å². The van der Waals surface area contributed by atoms with Crippen molar-refractivity contribution in [2.75, 3.05) is 32.1 Å². The molecule has 0 radical (unpaired) electrons. The molecule has 2 rings (SSSR count). The van der Waals surface area contributed by atoms with Crippen LogP contribution in [0.3, 0.4) is 0 Å². The molecule has 0 unspecified atom stereocenters. The number of nitrogens with zero attached hydrogens (tertiary/aromatic N) is 4. The Morgan fingerprint density at radius 3 is 2.82 bits per heavy atom. The predicted octanol–water partition coefficient (Wildman–Crippen LogP) is 0.466. The number of rotatable bonds is 3.